The number of carbonyl (C=O) groups is 1. The summed E-state index contributed by atoms with van der Waals surface area (Å²) in [7, 11) is 0. The number of amides is 1. The number of rotatable bonds is 6. The minimum absolute atomic E-state index is 0.160. The Morgan fingerprint density at radius 2 is 2.00 bits per heavy atom. The fourth-order valence-electron chi connectivity index (χ4n) is 2.69. The molecule has 2 aromatic carbocycles. The summed E-state index contributed by atoms with van der Waals surface area (Å²) in [5, 5.41) is 12.6. The Hall–Kier alpha value is -2.31. The van der Waals surface area contributed by atoms with Gasteiger partial charge in [-0.3, -0.25) is 4.79 Å². The summed E-state index contributed by atoms with van der Waals surface area (Å²) < 4.78 is 6.34. The van der Waals surface area contributed by atoms with E-state index in [9.17, 15) is 9.90 Å². The van der Waals surface area contributed by atoms with E-state index >= 15 is 0 Å². The molecule has 3 rings (SSSR count). The maximum Gasteiger partial charge on any atom is 0.263 e. The molecule has 1 aliphatic heterocycles. The quantitative estimate of drug-likeness (QED) is 0.570. The van der Waals surface area contributed by atoms with Crippen molar-refractivity contribution in [3.05, 3.63) is 64.1 Å². The first-order valence-electron chi connectivity index (χ1n) is 8.34. The number of phenolic OH excluding ortho intramolecular Hbond substituents is 1. The van der Waals surface area contributed by atoms with Crippen LogP contribution in [0.15, 0.2) is 47.4 Å². The lowest BCUT2D eigenvalue weighted by Gasteiger charge is -2.12. The molecule has 0 spiro atoms. The fourth-order valence-corrected chi connectivity index (χ4v) is 3.73. The van der Waals surface area contributed by atoms with Gasteiger partial charge in [0.05, 0.1) is 4.91 Å². The largest absolute Gasteiger partial charge is 0.508 e. The predicted octanol–water partition coefficient (Wildman–Crippen LogP) is 4.41. The SMILES string of the molecule is CCCc1c(O)cccc1COc1ccc(C=C2SC(=S)NC2=O)cc1. The molecule has 0 atom stereocenters. The van der Waals surface area contributed by atoms with Crippen LogP contribution in [0.2, 0.25) is 0 Å². The van der Waals surface area contributed by atoms with Crippen LogP contribution in [0, 0.1) is 0 Å². The molecule has 0 aliphatic carbocycles. The average molecular weight is 386 g/mol. The number of hydrogen-bond acceptors (Lipinski definition) is 5. The number of thioether (sulfide) groups is 1. The van der Waals surface area contributed by atoms with Crippen molar-refractivity contribution in [1.29, 1.82) is 0 Å². The molecule has 2 N–H and O–H groups in total. The smallest absolute Gasteiger partial charge is 0.263 e. The highest BCUT2D eigenvalue weighted by Crippen LogP contribution is 2.27. The van der Waals surface area contributed by atoms with Crippen LogP contribution >= 0.6 is 24.0 Å². The number of aromatic hydroxyl groups is 1. The number of ether oxygens (including phenoxy) is 1. The molecule has 1 saturated heterocycles. The van der Waals surface area contributed by atoms with Gasteiger partial charge in [0.2, 0.25) is 0 Å². The zero-order chi connectivity index (χ0) is 18.5. The molecular weight excluding hydrogens is 366 g/mol. The van der Waals surface area contributed by atoms with Crippen LogP contribution < -0.4 is 10.1 Å². The van der Waals surface area contributed by atoms with Gasteiger partial charge in [-0.2, -0.15) is 0 Å². The number of phenols is 1. The molecule has 0 saturated carbocycles. The summed E-state index contributed by atoms with van der Waals surface area (Å²) in [6, 6.07) is 13.0. The molecule has 0 unspecified atom stereocenters. The molecule has 0 aromatic heterocycles. The number of thiocarbonyl (C=S) groups is 1. The summed E-state index contributed by atoms with van der Waals surface area (Å²) in [5.74, 6) is 0.893. The second kappa shape index (κ2) is 8.38. The van der Waals surface area contributed by atoms with Gasteiger partial charge in [0, 0.05) is 5.56 Å². The van der Waals surface area contributed by atoms with Crippen molar-refractivity contribution < 1.29 is 14.6 Å². The minimum atomic E-state index is -0.160. The van der Waals surface area contributed by atoms with Crippen molar-refractivity contribution in [3.8, 4) is 11.5 Å². The van der Waals surface area contributed by atoms with Gasteiger partial charge in [0.15, 0.2) is 0 Å². The second-order valence-corrected chi connectivity index (χ2v) is 7.59. The first kappa shape index (κ1) is 18.5. The highest BCUT2D eigenvalue weighted by molar-refractivity contribution is 8.26. The summed E-state index contributed by atoms with van der Waals surface area (Å²) in [6.45, 7) is 2.48. The van der Waals surface area contributed by atoms with Crippen molar-refractivity contribution in [2.75, 3.05) is 0 Å². The monoisotopic (exact) mass is 385 g/mol. The number of nitrogens with one attached hydrogen (secondary N) is 1. The van der Waals surface area contributed by atoms with Crippen molar-refractivity contribution in [2.24, 2.45) is 0 Å². The Labute approximate surface area is 162 Å². The molecule has 4 nitrogen and oxygen atoms in total. The van der Waals surface area contributed by atoms with Crippen molar-refractivity contribution in [1.82, 2.24) is 5.32 Å². The maximum atomic E-state index is 11.7. The van der Waals surface area contributed by atoms with E-state index in [1.807, 2.05) is 36.4 Å². The third-order valence-electron chi connectivity index (χ3n) is 3.96. The normalized spacial score (nSPS) is 15.3. The molecule has 2 aromatic rings. The van der Waals surface area contributed by atoms with E-state index in [-0.39, 0.29) is 5.91 Å². The van der Waals surface area contributed by atoms with E-state index in [1.165, 1.54) is 11.8 Å². The van der Waals surface area contributed by atoms with Gasteiger partial charge in [-0.15, -0.1) is 0 Å². The zero-order valence-electron chi connectivity index (χ0n) is 14.3. The average Bonchev–Trinajstić information content (AvgIpc) is 2.94. The van der Waals surface area contributed by atoms with Crippen LogP contribution in [-0.2, 0) is 17.8 Å². The summed E-state index contributed by atoms with van der Waals surface area (Å²) in [6.07, 6.45) is 3.58. The van der Waals surface area contributed by atoms with Gasteiger partial charge in [0.1, 0.15) is 22.4 Å². The van der Waals surface area contributed by atoms with E-state index in [0.717, 1.165) is 35.3 Å². The van der Waals surface area contributed by atoms with E-state index in [4.69, 9.17) is 17.0 Å². The molecule has 1 fully saturated rings. The second-order valence-electron chi connectivity index (χ2n) is 5.87. The van der Waals surface area contributed by atoms with E-state index in [0.29, 0.717) is 21.6 Å². The van der Waals surface area contributed by atoms with Crippen LogP contribution in [0.1, 0.15) is 30.0 Å². The molecule has 1 aliphatic rings. The highest BCUT2D eigenvalue weighted by atomic mass is 32.2. The summed E-state index contributed by atoms with van der Waals surface area (Å²) >= 11 is 6.25. The van der Waals surface area contributed by atoms with Crippen molar-refractivity contribution in [2.45, 2.75) is 26.4 Å². The molecule has 6 heteroatoms. The Morgan fingerprint density at radius 1 is 1.23 bits per heavy atom. The molecule has 0 bridgehead atoms. The van der Waals surface area contributed by atoms with Crippen LogP contribution in [0.4, 0.5) is 0 Å². The standard InChI is InChI=1S/C20H19NO3S2/c1-2-4-16-14(5-3-6-17(16)22)12-24-15-9-7-13(8-10-15)11-18-19(23)21-20(25)26-18/h3,5-11,22H,2,4,12H2,1H3,(H,21,23,25). The Bertz CT molecular complexity index is 860. The van der Waals surface area contributed by atoms with Gasteiger partial charge >= 0.3 is 0 Å². The van der Waals surface area contributed by atoms with Gasteiger partial charge in [-0.1, -0.05) is 61.6 Å². The van der Waals surface area contributed by atoms with Crippen molar-refractivity contribution >= 4 is 40.3 Å². The van der Waals surface area contributed by atoms with Crippen LogP contribution in [0.5, 0.6) is 11.5 Å². The van der Waals surface area contributed by atoms with E-state index < -0.39 is 0 Å². The summed E-state index contributed by atoms with van der Waals surface area (Å²) in [5.41, 5.74) is 2.84. The van der Waals surface area contributed by atoms with Crippen LogP contribution in [-0.4, -0.2) is 15.3 Å². The van der Waals surface area contributed by atoms with Crippen LogP contribution in [0.25, 0.3) is 6.08 Å². The third kappa shape index (κ3) is 4.45. The van der Waals surface area contributed by atoms with E-state index in [1.54, 1.807) is 12.1 Å². The predicted molar refractivity (Wildman–Crippen MR) is 109 cm³/mol. The zero-order valence-corrected chi connectivity index (χ0v) is 16.0. The molecule has 134 valence electrons. The third-order valence-corrected chi connectivity index (χ3v) is 5.13. The maximum absolute atomic E-state index is 11.7. The topological polar surface area (TPSA) is 58.6 Å². The highest BCUT2D eigenvalue weighted by Gasteiger charge is 2.21. The summed E-state index contributed by atoms with van der Waals surface area (Å²) in [4.78, 5) is 12.3. The lowest BCUT2D eigenvalue weighted by Crippen LogP contribution is -2.17. The molecule has 0 radical (unpaired) electrons. The lowest BCUT2D eigenvalue weighted by molar-refractivity contribution is -0.115. The van der Waals surface area contributed by atoms with Crippen molar-refractivity contribution in [3.63, 3.8) is 0 Å². The molecule has 26 heavy (non-hydrogen) atoms. The van der Waals surface area contributed by atoms with Gasteiger partial charge in [-0.05, 0) is 41.8 Å². The van der Waals surface area contributed by atoms with Gasteiger partial charge < -0.3 is 15.2 Å². The fraction of sp³-hybridized carbons (Fsp3) is 0.200. The van der Waals surface area contributed by atoms with Crippen LogP contribution in [0.3, 0.4) is 0 Å². The lowest BCUT2D eigenvalue weighted by atomic mass is 10.0. The Balaban J connectivity index is 1.67. The first-order valence-corrected chi connectivity index (χ1v) is 9.56. The Kier molecular flexibility index (Phi) is 5.96. The minimum Gasteiger partial charge on any atom is -0.508 e. The van der Waals surface area contributed by atoms with Gasteiger partial charge in [0.25, 0.3) is 5.91 Å². The number of benzene rings is 2. The van der Waals surface area contributed by atoms with E-state index in [2.05, 4.69) is 12.2 Å². The first-order chi connectivity index (χ1) is 12.6. The Morgan fingerprint density at radius 3 is 2.65 bits per heavy atom. The molecule has 1 amide bonds. The molecule has 1 heterocycles. The van der Waals surface area contributed by atoms with Gasteiger partial charge in [-0.25, -0.2) is 0 Å². The number of carbonyl (C=O) groups excluding carboxylic acids is 1. The number of hydrogen-bond donors (Lipinski definition) is 2. The molecular formula is C20H19NO3S2.